The van der Waals surface area contributed by atoms with Crippen molar-refractivity contribution < 1.29 is 9.53 Å². The van der Waals surface area contributed by atoms with E-state index in [0.29, 0.717) is 17.5 Å². The normalized spacial score (nSPS) is 11.9. The minimum Gasteiger partial charge on any atom is -0.465 e. The number of carbonyl (C=O) groups is 1. The molecule has 102 valence electrons. The van der Waals surface area contributed by atoms with Gasteiger partial charge in [-0.15, -0.1) is 11.3 Å². The molecule has 0 bridgehead atoms. The predicted molar refractivity (Wildman–Crippen MR) is 74.1 cm³/mol. The molecule has 4 nitrogen and oxygen atoms in total. The molecule has 0 aromatic carbocycles. The summed E-state index contributed by atoms with van der Waals surface area (Å²) in [6.45, 7) is 11.0. The van der Waals surface area contributed by atoms with Crippen LogP contribution in [0.15, 0.2) is 0 Å². The van der Waals surface area contributed by atoms with Crippen LogP contribution in [-0.2, 0) is 16.7 Å². The number of nitrogens with one attached hydrogen (secondary N) is 1. The van der Waals surface area contributed by atoms with E-state index in [2.05, 4.69) is 24.1 Å². The van der Waals surface area contributed by atoms with Crippen LogP contribution in [0, 0.1) is 0 Å². The Kier molecular flexibility index (Phi) is 4.87. The van der Waals surface area contributed by atoms with Crippen molar-refractivity contribution in [2.45, 2.75) is 52.6 Å². The third-order valence-corrected chi connectivity index (χ3v) is 3.45. The summed E-state index contributed by atoms with van der Waals surface area (Å²) in [6, 6.07) is 0.397. The van der Waals surface area contributed by atoms with Gasteiger partial charge in [-0.2, -0.15) is 0 Å². The van der Waals surface area contributed by atoms with Gasteiger partial charge in [-0.25, -0.2) is 9.78 Å². The maximum Gasteiger partial charge on any atom is 0.350 e. The molecule has 0 spiro atoms. The van der Waals surface area contributed by atoms with Gasteiger partial charge in [0.25, 0.3) is 0 Å². The Bertz CT molecular complexity index is 419. The van der Waals surface area contributed by atoms with E-state index >= 15 is 0 Å². The van der Waals surface area contributed by atoms with E-state index in [1.165, 1.54) is 18.4 Å². The van der Waals surface area contributed by atoms with Crippen molar-refractivity contribution >= 4 is 17.3 Å². The summed E-state index contributed by atoms with van der Waals surface area (Å²) in [6.07, 6.45) is 0. The fraction of sp³-hybridized carbons (Fsp3) is 0.692. The second-order valence-corrected chi connectivity index (χ2v) is 6.65. The quantitative estimate of drug-likeness (QED) is 0.855. The first-order chi connectivity index (χ1) is 8.25. The van der Waals surface area contributed by atoms with Crippen molar-refractivity contribution in [1.82, 2.24) is 10.3 Å². The van der Waals surface area contributed by atoms with Crippen LogP contribution in [-0.4, -0.2) is 24.1 Å². The van der Waals surface area contributed by atoms with E-state index in [9.17, 15) is 4.79 Å². The smallest absolute Gasteiger partial charge is 0.350 e. The summed E-state index contributed by atoms with van der Waals surface area (Å²) in [4.78, 5) is 17.0. The van der Waals surface area contributed by atoms with Crippen molar-refractivity contribution in [3.05, 3.63) is 15.6 Å². The van der Waals surface area contributed by atoms with Crippen LogP contribution >= 0.6 is 11.3 Å². The van der Waals surface area contributed by atoms with Crippen molar-refractivity contribution in [1.29, 1.82) is 0 Å². The SMILES string of the molecule is COC(=O)c1sc(CNC(C)C)nc1C(C)(C)C. The lowest BCUT2D eigenvalue weighted by Crippen LogP contribution is -2.22. The molecule has 1 N–H and O–H groups in total. The molecule has 0 unspecified atom stereocenters. The van der Waals surface area contributed by atoms with Gasteiger partial charge in [-0.1, -0.05) is 34.6 Å². The molecule has 0 fully saturated rings. The second-order valence-electron chi connectivity index (χ2n) is 5.56. The summed E-state index contributed by atoms with van der Waals surface area (Å²) >= 11 is 1.41. The number of nitrogens with zero attached hydrogens (tertiary/aromatic N) is 1. The van der Waals surface area contributed by atoms with E-state index in [1.54, 1.807) is 0 Å². The number of thiazole rings is 1. The molecule has 18 heavy (non-hydrogen) atoms. The van der Waals surface area contributed by atoms with Crippen molar-refractivity contribution in [3.63, 3.8) is 0 Å². The Balaban J connectivity index is 3.04. The average Bonchev–Trinajstić information content (AvgIpc) is 2.69. The monoisotopic (exact) mass is 270 g/mol. The van der Waals surface area contributed by atoms with Crippen molar-refractivity contribution in [2.75, 3.05) is 7.11 Å². The number of hydrogen-bond acceptors (Lipinski definition) is 5. The van der Waals surface area contributed by atoms with Gasteiger partial charge in [0.1, 0.15) is 9.88 Å². The molecule has 5 heteroatoms. The van der Waals surface area contributed by atoms with Crippen LogP contribution in [0.1, 0.15) is 55.0 Å². The molecule has 1 heterocycles. The summed E-state index contributed by atoms with van der Waals surface area (Å²) in [7, 11) is 1.40. The maximum absolute atomic E-state index is 11.8. The van der Waals surface area contributed by atoms with Gasteiger partial charge in [0.15, 0.2) is 0 Å². The standard InChI is InChI=1S/C13H22N2O2S/c1-8(2)14-7-9-15-11(13(3,4)5)10(18-9)12(16)17-6/h8,14H,7H2,1-6H3. The first-order valence-corrected chi connectivity index (χ1v) is 6.89. The highest BCUT2D eigenvalue weighted by molar-refractivity contribution is 7.13. The molecule has 1 aromatic heterocycles. The van der Waals surface area contributed by atoms with E-state index in [1.807, 2.05) is 20.8 Å². The number of carbonyl (C=O) groups excluding carboxylic acids is 1. The Morgan fingerprint density at radius 3 is 2.50 bits per heavy atom. The Morgan fingerprint density at radius 1 is 1.44 bits per heavy atom. The molecule has 0 radical (unpaired) electrons. The first-order valence-electron chi connectivity index (χ1n) is 6.07. The second kappa shape index (κ2) is 5.80. The van der Waals surface area contributed by atoms with Gasteiger partial charge >= 0.3 is 5.97 Å². The molecule has 0 aliphatic heterocycles. The minimum absolute atomic E-state index is 0.157. The van der Waals surface area contributed by atoms with Gasteiger partial charge in [0.05, 0.1) is 12.8 Å². The Hall–Kier alpha value is -0.940. The molecule has 1 aromatic rings. The van der Waals surface area contributed by atoms with E-state index in [4.69, 9.17) is 4.74 Å². The summed E-state index contributed by atoms with van der Waals surface area (Å²) in [5.74, 6) is -0.298. The molecule has 0 saturated carbocycles. The first kappa shape index (κ1) is 15.1. The van der Waals surface area contributed by atoms with Crippen molar-refractivity contribution in [3.8, 4) is 0 Å². The number of hydrogen-bond donors (Lipinski definition) is 1. The molecule has 0 atom stereocenters. The van der Waals surface area contributed by atoms with Gasteiger partial charge < -0.3 is 10.1 Å². The van der Waals surface area contributed by atoms with E-state index in [-0.39, 0.29) is 11.4 Å². The number of methoxy groups -OCH3 is 1. The molecule has 1 rings (SSSR count). The fourth-order valence-corrected chi connectivity index (χ4v) is 2.61. The molecular formula is C13H22N2O2S. The van der Waals surface area contributed by atoms with Crippen LogP contribution in [0.25, 0.3) is 0 Å². The Labute approximate surface area is 113 Å². The zero-order chi connectivity index (χ0) is 13.9. The van der Waals surface area contributed by atoms with Crippen LogP contribution in [0.4, 0.5) is 0 Å². The summed E-state index contributed by atoms with van der Waals surface area (Å²) in [5.41, 5.74) is 0.663. The lowest BCUT2D eigenvalue weighted by molar-refractivity contribution is 0.0603. The molecule has 0 aliphatic rings. The van der Waals surface area contributed by atoms with Crippen molar-refractivity contribution in [2.24, 2.45) is 0 Å². The largest absolute Gasteiger partial charge is 0.465 e. The zero-order valence-electron chi connectivity index (χ0n) is 12.0. The van der Waals surface area contributed by atoms with E-state index in [0.717, 1.165) is 10.7 Å². The van der Waals surface area contributed by atoms with Gasteiger partial charge in [-0.05, 0) is 0 Å². The summed E-state index contributed by atoms with van der Waals surface area (Å²) < 4.78 is 4.82. The highest BCUT2D eigenvalue weighted by Crippen LogP contribution is 2.30. The molecule has 0 aliphatic carbocycles. The minimum atomic E-state index is -0.298. The number of rotatable bonds is 4. The van der Waals surface area contributed by atoms with Crippen LogP contribution < -0.4 is 5.32 Å². The van der Waals surface area contributed by atoms with Gasteiger partial charge in [0, 0.05) is 18.0 Å². The fourth-order valence-electron chi connectivity index (χ4n) is 1.47. The topological polar surface area (TPSA) is 51.2 Å². The molecular weight excluding hydrogens is 248 g/mol. The predicted octanol–water partition coefficient (Wildman–Crippen LogP) is 2.73. The Morgan fingerprint density at radius 2 is 2.06 bits per heavy atom. The zero-order valence-corrected chi connectivity index (χ0v) is 12.8. The average molecular weight is 270 g/mol. The van der Waals surface area contributed by atoms with Crippen LogP contribution in [0.3, 0.4) is 0 Å². The lowest BCUT2D eigenvalue weighted by atomic mass is 9.91. The number of aromatic nitrogens is 1. The molecule has 0 amide bonds. The lowest BCUT2D eigenvalue weighted by Gasteiger charge is -2.16. The van der Waals surface area contributed by atoms with Crippen LogP contribution in [0.2, 0.25) is 0 Å². The van der Waals surface area contributed by atoms with Crippen LogP contribution in [0.5, 0.6) is 0 Å². The highest BCUT2D eigenvalue weighted by Gasteiger charge is 2.27. The third-order valence-electron chi connectivity index (χ3n) is 2.41. The highest BCUT2D eigenvalue weighted by atomic mass is 32.1. The number of ether oxygens (including phenoxy) is 1. The third kappa shape index (κ3) is 3.78. The van der Waals surface area contributed by atoms with Gasteiger partial charge in [0.2, 0.25) is 0 Å². The van der Waals surface area contributed by atoms with Gasteiger partial charge in [-0.3, -0.25) is 0 Å². The summed E-state index contributed by atoms with van der Waals surface area (Å²) in [5, 5.41) is 4.23. The number of esters is 1. The maximum atomic E-state index is 11.8. The van der Waals surface area contributed by atoms with E-state index < -0.39 is 0 Å². The molecule has 0 saturated heterocycles.